The van der Waals surface area contributed by atoms with E-state index in [1.54, 1.807) is 6.07 Å². The van der Waals surface area contributed by atoms with Crippen LogP contribution in [0.25, 0.3) is 0 Å². The average Bonchev–Trinajstić information content (AvgIpc) is 3.50. The van der Waals surface area contributed by atoms with Crippen LogP contribution >= 0.6 is 0 Å². The molecule has 3 aliphatic rings. The van der Waals surface area contributed by atoms with Gasteiger partial charge in [-0.05, 0) is 55.9 Å². The number of halogens is 2. The first kappa shape index (κ1) is 24.2. The number of piperidine rings is 1. The summed E-state index contributed by atoms with van der Waals surface area (Å²) in [5, 5.41) is 0. The van der Waals surface area contributed by atoms with Crippen LogP contribution in [0, 0.1) is 0 Å². The number of amides is 1. The highest BCUT2D eigenvalue weighted by atomic mass is 32.2. The number of hydrogen-bond donors (Lipinski definition) is 0. The maximum Gasteiger partial charge on any atom is 0.264 e. The molecule has 35 heavy (non-hydrogen) atoms. The Kier molecular flexibility index (Phi) is 6.57. The molecule has 0 aromatic heterocycles. The van der Waals surface area contributed by atoms with Crippen molar-refractivity contribution in [3.05, 3.63) is 59.7 Å². The van der Waals surface area contributed by atoms with Crippen molar-refractivity contribution in [1.82, 2.24) is 4.90 Å². The van der Waals surface area contributed by atoms with Crippen molar-refractivity contribution in [3.8, 4) is 0 Å². The topological polar surface area (TPSA) is 66.9 Å². The Labute approximate surface area is 204 Å². The van der Waals surface area contributed by atoms with E-state index in [-0.39, 0.29) is 34.4 Å². The van der Waals surface area contributed by atoms with Gasteiger partial charge in [0.05, 0.1) is 16.7 Å². The van der Waals surface area contributed by atoms with Gasteiger partial charge in [-0.1, -0.05) is 30.3 Å². The van der Waals surface area contributed by atoms with Crippen molar-refractivity contribution >= 4 is 21.6 Å². The molecule has 3 heterocycles. The fraction of sp³-hybridized carbons (Fsp3) is 0.500. The quantitative estimate of drug-likeness (QED) is 0.574. The number of likely N-dealkylation sites (tertiary alicyclic amines) is 1. The Morgan fingerprint density at radius 2 is 1.80 bits per heavy atom. The van der Waals surface area contributed by atoms with Crippen LogP contribution in [0.1, 0.15) is 56.1 Å². The van der Waals surface area contributed by atoms with E-state index >= 15 is 0 Å². The van der Waals surface area contributed by atoms with E-state index in [4.69, 9.17) is 4.74 Å². The number of alkyl halides is 2. The third-order valence-corrected chi connectivity index (χ3v) is 9.46. The van der Waals surface area contributed by atoms with Crippen LogP contribution in [0.4, 0.5) is 14.5 Å². The molecule has 2 aromatic carbocycles. The summed E-state index contributed by atoms with van der Waals surface area (Å²) in [6.45, 7) is 2.22. The Hall–Kier alpha value is -2.52. The van der Waals surface area contributed by atoms with Gasteiger partial charge in [-0.25, -0.2) is 17.2 Å². The molecule has 0 N–H and O–H groups in total. The van der Waals surface area contributed by atoms with E-state index in [9.17, 15) is 22.0 Å². The first-order valence-corrected chi connectivity index (χ1v) is 13.6. The number of rotatable bonds is 6. The third-order valence-electron chi connectivity index (χ3n) is 7.69. The first-order chi connectivity index (χ1) is 16.8. The van der Waals surface area contributed by atoms with Gasteiger partial charge >= 0.3 is 0 Å². The zero-order chi connectivity index (χ0) is 24.6. The second-order valence-corrected chi connectivity index (χ2v) is 11.6. The molecule has 0 bridgehead atoms. The summed E-state index contributed by atoms with van der Waals surface area (Å²) in [6.07, 6.45) is 2.18. The van der Waals surface area contributed by atoms with Gasteiger partial charge in [-0.2, -0.15) is 0 Å². The highest BCUT2D eigenvalue weighted by Crippen LogP contribution is 2.48. The number of sulfonamides is 1. The highest BCUT2D eigenvalue weighted by molar-refractivity contribution is 7.92. The lowest BCUT2D eigenvalue weighted by Crippen LogP contribution is -2.47. The molecule has 188 valence electrons. The van der Waals surface area contributed by atoms with Crippen LogP contribution in [0.3, 0.4) is 0 Å². The van der Waals surface area contributed by atoms with E-state index in [1.807, 2.05) is 23.1 Å². The van der Waals surface area contributed by atoms with E-state index in [2.05, 4.69) is 0 Å². The van der Waals surface area contributed by atoms with E-state index < -0.39 is 16.4 Å². The molecule has 2 saturated heterocycles. The summed E-state index contributed by atoms with van der Waals surface area (Å²) in [5.74, 6) is 0.130. The summed E-state index contributed by atoms with van der Waals surface area (Å²) in [4.78, 5) is 14.7. The van der Waals surface area contributed by atoms with Gasteiger partial charge in [-0.15, -0.1) is 0 Å². The Morgan fingerprint density at radius 1 is 1.09 bits per heavy atom. The lowest BCUT2D eigenvalue weighted by molar-refractivity contribution is -0.133. The molecule has 9 heteroatoms. The molecule has 0 radical (unpaired) electrons. The summed E-state index contributed by atoms with van der Waals surface area (Å²) in [6, 6.07) is 12.3. The lowest BCUT2D eigenvalue weighted by Gasteiger charge is -2.40. The third kappa shape index (κ3) is 4.56. The summed E-state index contributed by atoms with van der Waals surface area (Å²) in [5.41, 5.74) is 1.01. The Balaban J connectivity index is 1.32. The number of hydrogen-bond acceptors (Lipinski definition) is 4. The number of carbonyl (C=O) groups is 1. The fourth-order valence-corrected chi connectivity index (χ4v) is 7.21. The second-order valence-electron chi connectivity index (χ2n) is 9.73. The molecule has 1 atom stereocenters. The highest BCUT2D eigenvalue weighted by Gasteiger charge is 2.48. The monoisotopic (exact) mass is 504 g/mol. The summed E-state index contributed by atoms with van der Waals surface area (Å²) >= 11 is 0. The van der Waals surface area contributed by atoms with E-state index in [1.165, 1.54) is 16.4 Å². The van der Waals surface area contributed by atoms with Crippen molar-refractivity contribution < 1.29 is 26.7 Å². The molecule has 0 aliphatic carbocycles. The van der Waals surface area contributed by atoms with Crippen LogP contribution in [0.2, 0.25) is 0 Å². The number of para-hydroxylation sites is 1. The number of carbonyl (C=O) groups excluding carboxylic acids is 1. The minimum atomic E-state index is -3.92. The molecular formula is C26H30F2N2O4S. The maximum atomic E-state index is 13.5. The number of fused-ring (bicyclic) bond motifs is 2. The molecule has 6 nitrogen and oxygen atoms in total. The van der Waals surface area contributed by atoms with Crippen molar-refractivity contribution in [1.29, 1.82) is 0 Å². The Bertz CT molecular complexity index is 1170. The van der Waals surface area contributed by atoms with Crippen LogP contribution in [-0.4, -0.2) is 51.6 Å². The van der Waals surface area contributed by atoms with Gasteiger partial charge in [0.15, 0.2) is 0 Å². The number of nitrogens with zero attached hydrogens (tertiary/aromatic N) is 2. The molecule has 2 fully saturated rings. The molecule has 3 aliphatic heterocycles. The molecule has 5 rings (SSSR count). The second kappa shape index (κ2) is 9.50. The van der Waals surface area contributed by atoms with Gasteiger partial charge < -0.3 is 9.64 Å². The predicted octanol–water partition coefficient (Wildman–Crippen LogP) is 4.65. The molecule has 2 aromatic rings. The van der Waals surface area contributed by atoms with Gasteiger partial charge in [0.25, 0.3) is 16.4 Å². The molecule has 1 unspecified atom stereocenters. The van der Waals surface area contributed by atoms with Crippen molar-refractivity contribution in [3.63, 3.8) is 0 Å². The standard InChI is InChI=1S/C26H30F2N2O4S/c27-25(28)19-7-10-21(11-8-19)35(32,33)30-18-26(22-5-1-2-6-23(22)30)13-15-29(16-14-26)24(31)12-9-20-4-3-17-34-20/h1-2,5-8,10-11,20,25H,3-4,9,12-18H2. The first-order valence-electron chi connectivity index (χ1n) is 12.2. The maximum absolute atomic E-state index is 13.5. The van der Waals surface area contributed by atoms with Crippen molar-refractivity contribution in [2.75, 3.05) is 30.5 Å². The average molecular weight is 505 g/mol. The molecule has 1 spiro atoms. The smallest absolute Gasteiger partial charge is 0.264 e. The van der Waals surface area contributed by atoms with Gasteiger partial charge in [-0.3, -0.25) is 9.10 Å². The van der Waals surface area contributed by atoms with Gasteiger partial charge in [0.2, 0.25) is 5.91 Å². The minimum absolute atomic E-state index is 0.00417. The number of benzene rings is 2. The van der Waals surface area contributed by atoms with E-state index in [0.29, 0.717) is 38.0 Å². The van der Waals surface area contributed by atoms with Crippen LogP contribution < -0.4 is 4.31 Å². The van der Waals surface area contributed by atoms with E-state index in [0.717, 1.165) is 43.6 Å². The van der Waals surface area contributed by atoms with Crippen molar-refractivity contribution in [2.45, 2.75) is 61.4 Å². The van der Waals surface area contributed by atoms with Crippen LogP contribution in [0.15, 0.2) is 53.4 Å². The van der Waals surface area contributed by atoms with Gasteiger partial charge in [0.1, 0.15) is 0 Å². The zero-order valence-electron chi connectivity index (χ0n) is 19.5. The molecule has 1 amide bonds. The minimum Gasteiger partial charge on any atom is -0.378 e. The molecular weight excluding hydrogens is 474 g/mol. The van der Waals surface area contributed by atoms with Gasteiger partial charge in [0, 0.05) is 43.6 Å². The van der Waals surface area contributed by atoms with Crippen molar-refractivity contribution in [2.24, 2.45) is 0 Å². The fourth-order valence-electron chi connectivity index (χ4n) is 5.64. The Morgan fingerprint density at radius 3 is 2.46 bits per heavy atom. The predicted molar refractivity (Wildman–Crippen MR) is 128 cm³/mol. The SMILES string of the molecule is O=C(CCC1CCCO1)N1CCC2(CC1)CN(S(=O)(=O)c1ccc(C(F)F)cc1)c1ccccc12. The molecule has 0 saturated carbocycles. The zero-order valence-corrected chi connectivity index (χ0v) is 20.4. The van der Waals surface area contributed by atoms with Crippen LogP contribution in [-0.2, 0) is 25.0 Å². The summed E-state index contributed by atoms with van der Waals surface area (Å²) < 4.78 is 60.1. The normalized spacial score (nSPS) is 21.6. The largest absolute Gasteiger partial charge is 0.378 e. The van der Waals surface area contributed by atoms with Crippen LogP contribution in [0.5, 0.6) is 0 Å². The lowest BCUT2D eigenvalue weighted by atomic mass is 9.74. The summed E-state index contributed by atoms with van der Waals surface area (Å²) in [7, 11) is -3.92. The number of ether oxygens (including phenoxy) is 1. The number of anilines is 1.